The van der Waals surface area contributed by atoms with Crippen LogP contribution < -0.4 is 5.73 Å². The number of nitrogen functional groups attached to an aromatic ring is 1. The number of aromatic nitrogens is 2. The first-order chi connectivity index (χ1) is 6.89. The first-order valence-electron chi connectivity index (χ1n) is 4.17. The van der Waals surface area contributed by atoms with Crippen LogP contribution in [0.4, 0.5) is 18.9 Å². The van der Waals surface area contributed by atoms with Crippen LogP contribution in [0.15, 0.2) is 18.5 Å². The van der Waals surface area contributed by atoms with E-state index in [1.165, 1.54) is 6.33 Å². The molecule has 0 amide bonds. The SMILES string of the molecule is Cn1cnc2cc(C(F)(F)F)cc(N)c21. The van der Waals surface area contributed by atoms with Gasteiger partial charge in [0.2, 0.25) is 0 Å². The van der Waals surface area contributed by atoms with Crippen LogP contribution in [0.5, 0.6) is 0 Å². The quantitative estimate of drug-likeness (QED) is 0.684. The summed E-state index contributed by atoms with van der Waals surface area (Å²) in [5.41, 5.74) is 5.62. The minimum Gasteiger partial charge on any atom is -0.397 e. The lowest BCUT2D eigenvalue weighted by Crippen LogP contribution is -2.06. The minimum atomic E-state index is -4.39. The van der Waals surface area contributed by atoms with Crippen molar-refractivity contribution in [2.24, 2.45) is 7.05 Å². The Bertz CT molecular complexity index is 513. The summed E-state index contributed by atoms with van der Waals surface area (Å²) in [6.45, 7) is 0. The fourth-order valence-electron chi connectivity index (χ4n) is 1.49. The number of anilines is 1. The molecule has 0 aliphatic carbocycles. The average molecular weight is 215 g/mol. The van der Waals surface area contributed by atoms with Crippen LogP contribution in [0.1, 0.15) is 5.56 Å². The topological polar surface area (TPSA) is 43.8 Å². The van der Waals surface area contributed by atoms with Crippen molar-refractivity contribution in [2.45, 2.75) is 6.18 Å². The molecular weight excluding hydrogens is 207 g/mol. The summed E-state index contributed by atoms with van der Waals surface area (Å²) in [6.07, 6.45) is -2.96. The maximum absolute atomic E-state index is 12.4. The van der Waals surface area contributed by atoms with Gasteiger partial charge >= 0.3 is 6.18 Å². The molecule has 1 aromatic heterocycles. The lowest BCUT2D eigenvalue weighted by atomic mass is 10.1. The highest BCUT2D eigenvalue weighted by atomic mass is 19.4. The van der Waals surface area contributed by atoms with Crippen LogP contribution in [0.3, 0.4) is 0 Å². The zero-order chi connectivity index (χ0) is 11.2. The molecule has 0 atom stereocenters. The Kier molecular flexibility index (Phi) is 1.89. The summed E-state index contributed by atoms with van der Waals surface area (Å²) in [5.74, 6) is 0. The number of nitrogens with two attached hydrogens (primary N) is 1. The molecule has 2 rings (SSSR count). The second-order valence-electron chi connectivity index (χ2n) is 3.29. The third kappa shape index (κ3) is 1.51. The standard InChI is InChI=1S/C9H8F3N3/c1-15-4-14-7-3-5(9(10,11)12)2-6(13)8(7)15/h2-4H,13H2,1H3. The molecule has 0 unspecified atom stereocenters. The number of alkyl halides is 3. The maximum Gasteiger partial charge on any atom is 0.416 e. The summed E-state index contributed by atoms with van der Waals surface area (Å²) in [6, 6.07) is 1.91. The van der Waals surface area contributed by atoms with Crippen LogP contribution in [-0.2, 0) is 13.2 Å². The fourth-order valence-corrected chi connectivity index (χ4v) is 1.49. The van der Waals surface area contributed by atoms with Gasteiger partial charge in [-0.05, 0) is 12.1 Å². The molecule has 2 N–H and O–H groups in total. The lowest BCUT2D eigenvalue weighted by Gasteiger charge is -2.08. The second-order valence-corrected chi connectivity index (χ2v) is 3.29. The van der Waals surface area contributed by atoms with Crippen LogP contribution in [-0.4, -0.2) is 9.55 Å². The molecule has 2 aromatic rings. The Morgan fingerprint density at radius 2 is 2.00 bits per heavy atom. The first-order valence-corrected chi connectivity index (χ1v) is 4.17. The molecule has 0 saturated carbocycles. The molecule has 15 heavy (non-hydrogen) atoms. The molecule has 6 heteroatoms. The summed E-state index contributed by atoms with van der Waals surface area (Å²) < 4.78 is 38.8. The molecule has 0 aliphatic heterocycles. The number of halogens is 3. The van der Waals surface area contributed by atoms with Crippen molar-refractivity contribution in [3.8, 4) is 0 Å². The monoisotopic (exact) mass is 215 g/mol. The van der Waals surface area contributed by atoms with E-state index in [1.54, 1.807) is 11.6 Å². The summed E-state index contributed by atoms with van der Waals surface area (Å²) in [4.78, 5) is 3.84. The van der Waals surface area contributed by atoms with Gasteiger partial charge in [-0.3, -0.25) is 0 Å². The second kappa shape index (κ2) is 2.88. The Morgan fingerprint density at radius 3 is 2.60 bits per heavy atom. The highest BCUT2D eigenvalue weighted by Gasteiger charge is 2.31. The minimum absolute atomic E-state index is 0.0832. The zero-order valence-corrected chi connectivity index (χ0v) is 7.84. The van der Waals surface area contributed by atoms with E-state index < -0.39 is 11.7 Å². The number of aryl methyl sites for hydroxylation is 1. The maximum atomic E-state index is 12.4. The van der Waals surface area contributed by atoms with E-state index in [2.05, 4.69) is 4.98 Å². The van der Waals surface area contributed by atoms with Gasteiger partial charge in [0.1, 0.15) is 0 Å². The van der Waals surface area contributed by atoms with Crippen LogP contribution in [0.25, 0.3) is 11.0 Å². The van der Waals surface area contributed by atoms with Gasteiger partial charge in [0.05, 0.1) is 28.6 Å². The van der Waals surface area contributed by atoms with E-state index in [0.717, 1.165) is 12.1 Å². The molecular formula is C9H8F3N3. The lowest BCUT2D eigenvalue weighted by molar-refractivity contribution is -0.137. The number of fused-ring (bicyclic) bond motifs is 1. The molecule has 1 heterocycles. The molecule has 0 radical (unpaired) electrons. The number of hydrogen-bond acceptors (Lipinski definition) is 2. The normalized spacial score (nSPS) is 12.3. The third-order valence-corrected chi connectivity index (χ3v) is 2.17. The van der Waals surface area contributed by atoms with Crippen molar-refractivity contribution in [3.63, 3.8) is 0 Å². The summed E-state index contributed by atoms with van der Waals surface area (Å²) >= 11 is 0. The van der Waals surface area contributed by atoms with Crippen molar-refractivity contribution in [2.75, 3.05) is 5.73 Å². The highest BCUT2D eigenvalue weighted by molar-refractivity contribution is 5.88. The number of benzene rings is 1. The van der Waals surface area contributed by atoms with E-state index in [4.69, 9.17) is 5.73 Å². The van der Waals surface area contributed by atoms with E-state index in [1.807, 2.05) is 0 Å². The summed E-state index contributed by atoms with van der Waals surface area (Å²) in [5, 5.41) is 0. The number of nitrogens with zero attached hydrogens (tertiary/aromatic N) is 2. The highest BCUT2D eigenvalue weighted by Crippen LogP contribution is 2.33. The van der Waals surface area contributed by atoms with Gasteiger partial charge in [0, 0.05) is 7.05 Å². The Balaban J connectivity index is 2.74. The predicted octanol–water partition coefficient (Wildman–Crippen LogP) is 2.17. The zero-order valence-electron chi connectivity index (χ0n) is 7.84. The Labute approximate surface area is 83.3 Å². The molecule has 3 nitrogen and oxygen atoms in total. The van der Waals surface area contributed by atoms with Crippen molar-refractivity contribution < 1.29 is 13.2 Å². The molecule has 0 fully saturated rings. The van der Waals surface area contributed by atoms with Crippen molar-refractivity contribution in [3.05, 3.63) is 24.0 Å². The van der Waals surface area contributed by atoms with Gasteiger partial charge < -0.3 is 10.3 Å². The fraction of sp³-hybridized carbons (Fsp3) is 0.222. The Morgan fingerprint density at radius 1 is 1.33 bits per heavy atom. The predicted molar refractivity (Wildman–Crippen MR) is 50.1 cm³/mol. The van der Waals surface area contributed by atoms with Crippen molar-refractivity contribution in [1.82, 2.24) is 9.55 Å². The molecule has 0 bridgehead atoms. The average Bonchev–Trinajstić information content (AvgIpc) is 2.46. The van der Waals surface area contributed by atoms with Crippen LogP contribution >= 0.6 is 0 Å². The van der Waals surface area contributed by atoms with Crippen LogP contribution in [0, 0.1) is 0 Å². The van der Waals surface area contributed by atoms with Gasteiger partial charge in [0.15, 0.2) is 0 Å². The molecule has 0 spiro atoms. The smallest absolute Gasteiger partial charge is 0.397 e. The van der Waals surface area contributed by atoms with Gasteiger partial charge in [-0.25, -0.2) is 4.98 Å². The van der Waals surface area contributed by atoms with Crippen LogP contribution in [0.2, 0.25) is 0 Å². The van der Waals surface area contributed by atoms with Crippen molar-refractivity contribution >= 4 is 16.7 Å². The van der Waals surface area contributed by atoms with Gasteiger partial charge in [-0.2, -0.15) is 13.2 Å². The number of rotatable bonds is 0. The van der Waals surface area contributed by atoms with E-state index in [0.29, 0.717) is 5.52 Å². The Hall–Kier alpha value is -1.72. The largest absolute Gasteiger partial charge is 0.416 e. The molecule has 1 aromatic carbocycles. The van der Waals surface area contributed by atoms with E-state index >= 15 is 0 Å². The van der Waals surface area contributed by atoms with Gasteiger partial charge in [-0.1, -0.05) is 0 Å². The number of hydrogen-bond donors (Lipinski definition) is 1. The molecule has 80 valence electrons. The number of imidazole rings is 1. The van der Waals surface area contributed by atoms with Gasteiger partial charge in [0.25, 0.3) is 0 Å². The first kappa shape index (κ1) is 9.82. The van der Waals surface area contributed by atoms with Gasteiger partial charge in [-0.15, -0.1) is 0 Å². The molecule has 0 saturated heterocycles. The van der Waals surface area contributed by atoms with E-state index in [9.17, 15) is 13.2 Å². The third-order valence-electron chi connectivity index (χ3n) is 2.17. The molecule has 0 aliphatic rings. The summed E-state index contributed by atoms with van der Waals surface area (Å²) in [7, 11) is 1.68. The van der Waals surface area contributed by atoms with E-state index in [-0.39, 0.29) is 11.2 Å². The van der Waals surface area contributed by atoms with Crippen molar-refractivity contribution in [1.29, 1.82) is 0 Å².